The molecular weight excluding hydrogens is 346 g/mol. The molecule has 27 heavy (non-hydrogen) atoms. The first-order valence-electron chi connectivity index (χ1n) is 8.33. The molecule has 136 valence electrons. The van der Waals surface area contributed by atoms with Gasteiger partial charge in [-0.05, 0) is 49.2 Å². The van der Waals surface area contributed by atoms with Crippen molar-refractivity contribution < 1.29 is 18.7 Å². The molecule has 1 aromatic heterocycles. The maximum absolute atomic E-state index is 11.8. The van der Waals surface area contributed by atoms with Crippen molar-refractivity contribution in [3.8, 4) is 11.8 Å². The Kier molecular flexibility index (Phi) is 5.23. The minimum atomic E-state index is -0.794. The van der Waals surface area contributed by atoms with Crippen LogP contribution in [-0.2, 0) is 11.3 Å². The highest BCUT2D eigenvalue weighted by atomic mass is 16.5. The number of nitrogens with zero attached hydrogens (tertiary/aromatic N) is 1. The molecule has 1 heterocycles. The number of carbonyl (C=O) groups is 1. The number of ether oxygens (including phenoxy) is 2. The van der Waals surface area contributed by atoms with E-state index in [-0.39, 0.29) is 6.61 Å². The lowest BCUT2D eigenvalue weighted by atomic mass is 10.1. The highest BCUT2D eigenvalue weighted by Gasteiger charge is 2.11. The van der Waals surface area contributed by atoms with Crippen molar-refractivity contribution in [2.45, 2.75) is 26.6 Å². The molecule has 0 aliphatic carbocycles. The molecule has 0 unspecified atom stereocenters. The van der Waals surface area contributed by atoms with Gasteiger partial charge in [0.1, 0.15) is 24.0 Å². The summed E-state index contributed by atoms with van der Waals surface area (Å²) < 4.78 is 15.9. The van der Waals surface area contributed by atoms with Crippen molar-refractivity contribution in [3.63, 3.8) is 0 Å². The lowest BCUT2D eigenvalue weighted by Crippen LogP contribution is -2.13. The summed E-state index contributed by atoms with van der Waals surface area (Å²) >= 11 is 0. The summed E-state index contributed by atoms with van der Waals surface area (Å²) in [6.07, 6.45) is -0.794. The first-order chi connectivity index (χ1) is 13.0. The molecule has 0 radical (unpaired) electrons. The van der Waals surface area contributed by atoms with Crippen LogP contribution >= 0.6 is 0 Å². The second-order valence-electron chi connectivity index (χ2n) is 6.07. The van der Waals surface area contributed by atoms with Gasteiger partial charge in [0.2, 0.25) is 0 Å². The molecule has 0 amide bonds. The zero-order valence-corrected chi connectivity index (χ0v) is 14.9. The Morgan fingerprint density at radius 1 is 1.19 bits per heavy atom. The van der Waals surface area contributed by atoms with Gasteiger partial charge in [0.15, 0.2) is 6.10 Å². The second kappa shape index (κ2) is 7.75. The topological polar surface area (TPSA) is 89.5 Å². The molecule has 0 spiro atoms. The molecule has 0 aliphatic rings. The van der Waals surface area contributed by atoms with Crippen LogP contribution in [0.1, 0.15) is 28.4 Å². The summed E-state index contributed by atoms with van der Waals surface area (Å²) in [6.45, 7) is 3.64. The van der Waals surface area contributed by atoms with Gasteiger partial charge in [-0.15, -0.1) is 0 Å². The van der Waals surface area contributed by atoms with E-state index in [0.29, 0.717) is 16.9 Å². The van der Waals surface area contributed by atoms with E-state index in [1.54, 1.807) is 30.3 Å². The molecule has 0 bridgehead atoms. The van der Waals surface area contributed by atoms with Crippen LogP contribution in [-0.4, -0.2) is 12.1 Å². The van der Waals surface area contributed by atoms with E-state index < -0.39 is 17.7 Å². The smallest absolute Gasteiger partial charge is 0.339 e. The number of esters is 1. The van der Waals surface area contributed by atoms with Crippen molar-refractivity contribution in [1.29, 1.82) is 5.26 Å². The van der Waals surface area contributed by atoms with Crippen LogP contribution in [0.3, 0.4) is 0 Å². The average molecular weight is 363 g/mol. The quantitative estimate of drug-likeness (QED) is 0.507. The van der Waals surface area contributed by atoms with Gasteiger partial charge in [-0.1, -0.05) is 12.1 Å². The lowest BCUT2D eigenvalue weighted by molar-refractivity contribution is 0.0435. The van der Waals surface area contributed by atoms with Crippen molar-refractivity contribution in [2.24, 2.45) is 0 Å². The van der Waals surface area contributed by atoms with Crippen LogP contribution in [0.2, 0.25) is 0 Å². The molecule has 6 heteroatoms. The predicted octanol–water partition coefficient (Wildman–Crippen LogP) is 3.75. The first kappa shape index (κ1) is 18.2. The SMILES string of the molecule is Cc1cc(=O)oc2cc(OCc3ccc(C(=O)O[C@@H](C)C#N)cc3)ccc12. The molecule has 6 nitrogen and oxygen atoms in total. The fourth-order valence-corrected chi connectivity index (χ4v) is 2.55. The Hall–Kier alpha value is -3.59. The van der Waals surface area contributed by atoms with Gasteiger partial charge in [0.25, 0.3) is 0 Å². The largest absolute Gasteiger partial charge is 0.489 e. The maximum Gasteiger partial charge on any atom is 0.339 e. The van der Waals surface area contributed by atoms with Gasteiger partial charge in [-0.25, -0.2) is 9.59 Å². The Labute approximate surface area is 155 Å². The number of benzene rings is 2. The number of rotatable bonds is 5. The Bertz CT molecular complexity index is 1080. The van der Waals surface area contributed by atoms with Crippen molar-refractivity contribution in [3.05, 3.63) is 75.6 Å². The van der Waals surface area contributed by atoms with E-state index in [9.17, 15) is 9.59 Å². The van der Waals surface area contributed by atoms with Crippen molar-refractivity contribution in [1.82, 2.24) is 0 Å². The van der Waals surface area contributed by atoms with Crippen LogP contribution in [0.4, 0.5) is 0 Å². The van der Waals surface area contributed by atoms with E-state index in [1.165, 1.54) is 13.0 Å². The maximum atomic E-state index is 11.8. The standard InChI is InChI=1S/C21H17NO5/c1-13-9-20(23)27-19-10-17(7-8-18(13)19)25-12-15-3-5-16(6-4-15)21(24)26-14(2)11-22/h3-10,14H,12H2,1-2H3/t14-/m0/s1. The highest BCUT2D eigenvalue weighted by molar-refractivity contribution is 5.89. The number of hydrogen-bond acceptors (Lipinski definition) is 6. The molecule has 1 atom stereocenters. The third kappa shape index (κ3) is 4.33. The summed E-state index contributed by atoms with van der Waals surface area (Å²) in [5.41, 5.74) is 2.14. The minimum Gasteiger partial charge on any atom is -0.489 e. The lowest BCUT2D eigenvalue weighted by Gasteiger charge is -2.09. The minimum absolute atomic E-state index is 0.283. The number of aryl methyl sites for hydroxylation is 1. The van der Waals surface area contributed by atoms with Gasteiger partial charge in [-0.3, -0.25) is 0 Å². The Morgan fingerprint density at radius 3 is 2.63 bits per heavy atom. The third-order valence-electron chi connectivity index (χ3n) is 3.98. The van der Waals surface area contributed by atoms with Crippen LogP contribution in [0.15, 0.2) is 57.7 Å². The van der Waals surface area contributed by atoms with Crippen molar-refractivity contribution >= 4 is 16.9 Å². The fourth-order valence-electron chi connectivity index (χ4n) is 2.55. The van der Waals surface area contributed by atoms with E-state index in [2.05, 4.69) is 0 Å². The van der Waals surface area contributed by atoms with E-state index in [1.807, 2.05) is 25.1 Å². The van der Waals surface area contributed by atoms with E-state index in [4.69, 9.17) is 19.2 Å². The molecule has 0 fully saturated rings. The molecular formula is C21H17NO5. The Morgan fingerprint density at radius 2 is 1.93 bits per heavy atom. The van der Waals surface area contributed by atoms with Crippen LogP contribution in [0.5, 0.6) is 5.75 Å². The average Bonchev–Trinajstić information content (AvgIpc) is 2.66. The fraction of sp³-hybridized carbons (Fsp3) is 0.190. The summed E-state index contributed by atoms with van der Waals surface area (Å²) in [5, 5.41) is 9.54. The van der Waals surface area contributed by atoms with Crippen LogP contribution in [0.25, 0.3) is 11.0 Å². The van der Waals surface area contributed by atoms with Gasteiger partial charge >= 0.3 is 11.6 Å². The predicted molar refractivity (Wildman–Crippen MR) is 98.5 cm³/mol. The zero-order valence-electron chi connectivity index (χ0n) is 14.9. The number of nitriles is 1. The van der Waals surface area contributed by atoms with Crippen LogP contribution < -0.4 is 10.4 Å². The number of hydrogen-bond donors (Lipinski definition) is 0. The summed E-state index contributed by atoms with van der Waals surface area (Å²) in [4.78, 5) is 23.3. The molecule has 0 aliphatic heterocycles. The van der Waals surface area contributed by atoms with Gasteiger partial charge in [0.05, 0.1) is 5.56 Å². The number of fused-ring (bicyclic) bond motifs is 1. The molecule has 0 saturated carbocycles. The first-order valence-corrected chi connectivity index (χ1v) is 8.33. The molecule has 0 saturated heterocycles. The molecule has 0 N–H and O–H groups in total. The highest BCUT2D eigenvalue weighted by Crippen LogP contribution is 2.23. The Balaban J connectivity index is 1.68. The van der Waals surface area contributed by atoms with E-state index in [0.717, 1.165) is 16.5 Å². The van der Waals surface area contributed by atoms with Crippen LogP contribution in [0, 0.1) is 18.3 Å². The zero-order chi connectivity index (χ0) is 19.4. The summed E-state index contributed by atoms with van der Waals surface area (Å²) in [7, 11) is 0. The summed E-state index contributed by atoms with van der Waals surface area (Å²) in [5.74, 6) is 0.0269. The number of carbonyl (C=O) groups excluding carboxylic acids is 1. The second-order valence-corrected chi connectivity index (χ2v) is 6.07. The van der Waals surface area contributed by atoms with Gasteiger partial charge in [-0.2, -0.15) is 5.26 Å². The van der Waals surface area contributed by atoms with E-state index >= 15 is 0 Å². The molecule has 3 aromatic rings. The van der Waals surface area contributed by atoms with Crippen molar-refractivity contribution in [2.75, 3.05) is 0 Å². The monoisotopic (exact) mass is 363 g/mol. The molecule has 3 rings (SSSR count). The van der Waals surface area contributed by atoms with Gasteiger partial charge in [0, 0.05) is 17.5 Å². The third-order valence-corrected chi connectivity index (χ3v) is 3.98. The molecule has 2 aromatic carbocycles. The van der Waals surface area contributed by atoms with Gasteiger partial charge < -0.3 is 13.9 Å². The normalized spacial score (nSPS) is 11.6. The summed E-state index contributed by atoms with van der Waals surface area (Å²) in [6, 6.07) is 15.4.